The molecule has 4 heteroatoms. The number of benzene rings is 2. The van der Waals surface area contributed by atoms with Crippen LogP contribution in [0.25, 0.3) is 0 Å². The van der Waals surface area contributed by atoms with E-state index in [9.17, 15) is 9.50 Å². The quantitative estimate of drug-likeness (QED) is 0.889. The van der Waals surface area contributed by atoms with Crippen LogP contribution in [0.15, 0.2) is 42.5 Å². The van der Waals surface area contributed by atoms with Crippen LogP contribution in [0.2, 0.25) is 5.02 Å². The summed E-state index contributed by atoms with van der Waals surface area (Å²) in [6.45, 7) is 1.86. The van der Waals surface area contributed by atoms with Crippen molar-refractivity contribution in [2.45, 2.75) is 13.0 Å². The van der Waals surface area contributed by atoms with Gasteiger partial charge in [-0.1, -0.05) is 29.8 Å². The van der Waals surface area contributed by atoms with Gasteiger partial charge in [-0.2, -0.15) is 0 Å². The van der Waals surface area contributed by atoms with Crippen LogP contribution in [-0.4, -0.2) is 11.7 Å². The maximum atomic E-state index is 13.0. The van der Waals surface area contributed by atoms with Crippen LogP contribution in [0.4, 0.5) is 10.1 Å². The molecule has 0 saturated heterocycles. The Kier molecular flexibility index (Phi) is 4.40. The first-order chi connectivity index (χ1) is 9.10. The molecule has 2 rings (SSSR count). The number of hydrogen-bond donors (Lipinski definition) is 2. The molecule has 100 valence electrons. The fraction of sp³-hybridized carbons (Fsp3) is 0.200. The lowest BCUT2D eigenvalue weighted by atomic mass is 10.1. The van der Waals surface area contributed by atoms with Gasteiger partial charge >= 0.3 is 0 Å². The van der Waals surface area contributed by atoms with E-state index in [1.54, 1.807) is 6.07 Å². The molecule has 0 fully saturated rings. The van der Waals surface area contributed by atoms with E-state index in [0.717, 1.165) is 11.3 Å². The molecule has 0 aliphatic carbocycles. The number of aliphatic hydroxyl groups is 1. The Morgan fingerprint density at radius 2 is 2.05 bits per heavy atom. The first-order valence-electron chi connectivity index (χ1n) is 5.99. The SMILES string of the molecule is Cc1cccc(NC(CO)c2ccc(F)cc2Cl)c1. The molecule has 0 saturated carbocycles. The van der Waals surface area contributed by atoms with Crippen LogP contribution in [0, 0.1) is 12.7 Å². The maximum Gasteiger partial charge on any atom is 0.124 e. The van der Waals surface area contributed by atoms with Gasteiger partial charge in [0.1, 0.15) is 5.82 Å². The zero-order valence-electron chi connectivity index (χ0n) is 10.5. The molecule has 0 amide bonds. The Balaban J connectivity index is 2.25. The van der Waals surface area contributed by atoms with Crippen molar-refractivity contribution in [1.29, 1.82) is 0 Å². The Hall–Kier alpha value is -1.58. The van der Waals surface area contributed by atoms with Gasteiger partial charge in [0.05, 0.1) is 12.6 Å². The highest BCUT2D eigenvalue weighted by molar-refractivity contribution is 6.31. The molecule has 2 aromatic carbocycles. The van der Waals surface area contributed by atoms with Gasteiger partial charge in [-0.25, -0.2) is 4.39 Å². The average Bonchev–Trinajstić information content (AvgIpc) is 2.37. The lowest BCUT2D eigenvalue weighted by Gasteiger charge is -2.19. The third-order valence-corrected chi connectivity index (χ3v) is 3.21. The van der Waals surface area contributed by atoms with Crippen LogP contribution in [0.5, 0.6) is 0 Å². The molecule has 0 aliphatic heterocycles. The van der Waals surface area contributed by atoms with Gasteiger partial charge < -0.3 is 10.4 Å². The van der Waals surface area contributed by atoms with E-state index in [4.69, 9.17) is 11.6 Å². The highest BCUT2D eigenvalue weighted by atomic mass is 35.5. The largest absolute Gasteiger partial charge is 0.394 e. The van der Waals surface area contributed by atoms with Crippen LogP contribution in [-0.2, 0) is 0 Å². The van der Waals surface area contributed by atoms with Crippen LogP contribution in [0.3, 0.4) is 0 Å². The first-order valence-corrected chi connectivity index (χ1v) is 6.37. The molecule has 0 aromatic heterocycles. The summed E-state index contributed by atoms with van der Waals surface area (Å²) in [5, 5.41) is 13.0. The van der Waals surface area contributed by atoms with E-state index in [-0.39, 0.29) is 18.5 Å². The summed E-state index contributed by atoms with van der Waals surface area (Å²) in [4.78, 5) is 0. The maximum absolute atomic E-state index is 13.0. The van der Waals surface area contributed by atoms with E-state index in [2.05, 4.69) is 5.32 Å². The number of anilines is 1. The predicted octanol–water partition coefficient (Wildman–Crippen LogP) is 3.93. The Labute approximate surface area is 116 Å². The molecule has 0 bridgehead atoms. The topological polar surface area (TPSA) is 32.3 Å². The lowest BCUT2D eigenvalue weighted by molar-refractivity contribution is 0.276. The van der Waals surface area contributed by atoms with Crippen molar-refractivity contribution in [3.63, 3.8) is 0 Å². The van der Waals surface area contributed by atoms with Gasteiger partial charge in [0.15, 0.2) is 0 Å². The third kappa shape index (κ3) is 3.46. The van der Waals surface area contributed by atoms with Crippen LogP contribution in [0.1, 0.15) is 17.2 Å². The second-order valence-corrected chi connectivity index (χ2v) is 4.82. The Morgan fingerprint density at radius 3 is 2.68 bits per heavy atom. The van der Waals surface area contributed by atoms with Crippen LogP contribution < -0.4 is 5.32 Å². The first kappa shape index (κ1) is 13.8. The van der Waals surface area contributed by atoms with Gasteiger partial charge in [-0.3, -0.25) is 0 Å². The van der Waals surface area contributed by atoms with Gasteiger partial charge in [0.2, 0.25) is 0 Å². The van der Waals surface area contributed by atoms with E-state index in [1.807, 2.05) is 31.2 Å². The molecule has 0 aliphatic rings. The second kappa shape index (κ2) is 6.04. The number of halogens is 2. The number of rotatable bonds is 4. The molecule has 0 heterocycles. The fourth-order valence-electron chi connectivity index (χ4n) is 1.94. The lowest BCUT2D eigenvalue weighted by Crippen LogP contribution is -2.15. The second-order valence-electron chi connectivity index (χ2n) is 4.41. The fourth-order valence-corrected chi connectivity index (χ4v) is 2.24. The number of aliphatic hydroxyl groups excluding tert-OH is 1. The van der Waals surface area contributed by atoms with Crippen LogP contribution >= 0.6 is 11.6 Å². The average molecular weight is 280 g/mol. The van der Waals surface area contributed by atoms with Gasteiger partial charge in [0.25, 0.3) is 0 Å². The van der Waals surface area contributed by atoms with E-state index < -0.39 is 0 Å². The molecule has 0 radical (unpaired) electrons. The zero-order valence-corrected chi connectivity index (χ0v) is 11.3. The van der Waals surface area contributed by atoms with Crippen molar-refractivity contribution in [3.05, 3.63) is 64.4 Å². The number of hydrogen-bond acceptors (Lipinski definition) is 2. The summed E-state index contributed by atoms with van der Waals surface area (Å²) in [6.07, 6.45) is 0. The number of aryl methyl sites for hydroxylation is 1. The van der Waals surface area contributed by atoms with Crippen molar-refractivity contribution < 1.29 is 9.50 Å². The van der Waals surface area contributed by atoms with Crippen molar-refractivity contribution in [3.8, 4) is 0 Å². The molecular formula is C15H15ClFNO. The van der Waals surface area contributed by atoms with Crippen molar-refractivity contribution in [1.82, 2.24) is 0 Å². The molecule has 1 atom stereocenters. The summed E-state index contributed by atoms with van der Waals surface area (Å²) in [5.74, 6) is -0.388. The minimum Gasteiger partial charge on any atom is -0.394 e. The van der Waals surface area contributed by atoms with Gasteiger partial charge in [-0.15, -0.1) is 0 Å². The van der Waals surface area contributed by atoms with E-state index in [0.29, 0.717) is 10.6 Å². The van der Waals surface area contributed by atoms with Crippen molar-refractivity contribution in [2.24, 2.45) is 0 Å². The third-order valence-electron chi connectivity index (χ3n) is 2.88. The monoisotopic (exact) mass is 279 g/mol. The van der Waals surface area contributed by atoms with Crippen molar-refractivity contribution in [2.75, 3.05) is 11.9 Å². The summed E-state index contributed by atoms with van der Waals surface area (Å²) < 4.78 is 13.0. The molecule has 2 N–H and O–H groups in total. The molecule has 0 spiro atoms. The minimum atomic E-state index is -0.388. The summed E-state index contributed by atoms with van der Waals surface area (Å²) in [6, 6.07) is 11.6. The summed E-state index contributed by atoms with van der Waals surface area (Å²) >= 11 is 6.01. The molecule has 1 unspecified atom stereocenters. The highest BCUT2D eigenvalue weighted by Crippen LogP contribution is 2.27. The Bertz CT molecular complexity index is 574. The molecule has 2 aromatic rings. The van der Waals surface area contributed by atoms with E-state index >= 15 is 0 Å². The normalized spacial score (nSPS) is 12.2. The molecular weight excluding hydrogens is 265 g/mol. The van der Waals surface area contributed by atoms with Crippen molar-refractivity contribution >= 4 is 17.3 Å². The predicted molar refractivity (Wildman–Crippen MR) is 76.0 cm³/mol. The van der Waals surface area contributed by atoms with E-state index in [1.165, 1.54) is 12.1 Å². The Morgan fingerprint density at radius 1 is 1.26 bits per heavy atom. The summed E-state index contributed by atoms with van der Waals surface area (Å²) in [5.41, 5.74) is 2.68. The zero-order chi connectivity index (χ0) is 13.8. The molecule has 19 heavy (non-hydrogen) atoms. The van der Waals surface area contributed by atoms with Gasteiger partial charge in [0, 0.05) is 10.7 Å². The number of nitrogens with one attached hydrogen (secondary N) is 1. The standard InChI is InChI=1S/C15H15ClFNO/c1-10-3-2-4-12(7-10)18-15(9-19)13-6-5-11(17)8-14(13)16/h2-8,15,18-19H,9H2,1H3. The highest BCUT2D eigenvalue weighted by Gasteiger charge is 2.14. The smallest absolute Gasteiger partial charge is 0.124 e. The molecule has 2 nitrogen and oxygen atoms in total. The summed E-state index contributed by atoms with van der Waals surface area (Å²) in [7, 11) is 0. The van der Waals surface area contributed by atoms with Gasteiger partial charge in [-0.05, 0) is 42.3 Å². The minimum absolute atomic E-state index is 0.126.